The van der Waals surface area contributed by atoms with Crippen LogP contribution in [0, 0.1) is 0 Å². The van der Waals surface area contributed by atoms with E-state index in [0.717, 1.165) is 86.1 Å². The molecule has 0 radical (unpaired) electrons. The Morgan fingerprint density at radius 1 is 0.309 bits per heavy atom. The van der Waals surface area contributed by atoms with Gasteiger partial charge in [-0.15, -0.1) is 22.7 Å². The van der Waals surface area contributed by atoms with Crippen LogP contribution in [0.5, 0.6) is 0 Å². The molecule has 0 N–H and O–H groups in total. The van der Waals surface area contributed by atoms with Crippen molar-refractivity contribution in [2.75, 3.05) is 0 Å². The largest absolute Gasteiger partial charge is 0.248 e. The maximum absolute atomic E-state index is 5.67. The molecule has 0 spiro atoms. The van der Waals surface area contributed by atoms with Crippen molar-refractivity contribution in [3.63, 3.8) is 0 Å². The van der Waals surface area contributed by atoms with Crippen LogP contribution in [0.25, 0.3) is 131 Å². The van der Waals surface area contributed by atoms with Crippen LogP contribution in [-0.2, 0) is 28.2 Å². The quantitative estimate of drug-likeness (QED) is 0.165. The van der Waals surface area contributed by atoms with Gasteiger partial charge in [0.15, 0.2) is 24.8 Å². The zero-order valence-corrected chi connectivity index (χ0v) is 39.6. The van der Waals surface area contributed by atoms with Crippen LogP contribution in [-0.4, -0.2) is 9.97 Å². The zero-order chi connectivity index (χ0) is 45.6. The lowest BCUT2D eigenvalue weighted by molar-refractivity contribution is -0.645. The van der Waals surface area contributed by atoms with Crippen molar-refractivity contribution >= 4 is 109 Å². The summed E-state index contributed by atoms with van der Waals surface area (Å²) >= 11 is 3.61. The summed E-state index contributed by atoms with van der Waals surface area (Å²) in [6.07, 6.45) is 17.3. The highest BCUT2D eigenvalue weighted by Crippen LogP contribution is 2.44. The van der Waals surface area contributed by atoms with E-state index >= 15 is 0 Å². The van der Waals surface area contributed by atoms with Crippen molar-refractivity contribution in [3.05, 3.63) is 193 Å². The van der Waals surface area contributed by atoms with Crippen LogP contribution in [0.1, 0.15) is 22.8 Å². The molecule has 9 heterocycles. The van der Waals surface area contributed by atoms with Gasteiger partial charge >= 0.3 is 0 Å². The third-order valence-corrected chi connectivity index (χ3v) is 15.9. The van der Waals surface area contributed by atoms with E-state index < -0.39 is 0 Å². The van der Waals surface area contributed by atoms with E-state index in [9.17, 15) is 0 Å². The standard InChI is InChI=1S/C60H44N6S2/c1-63-29-5-9-37-33-41(13-21-49(37)63)57-45-17-18-46(61-45)58(42-14-22-50-38(34-42)10-6-30-64(50)2)55-27-28-56(68-55)60(44-16-24-52-40(36-44)12-8-32-66(52)4)48-20-19-47(62-48)59(54-26-25-53(57)67-54)43-15-23-51-39(35-43)11-7-31-65(51)3/h5-36H,1-4H3/q+4. The molecule has 0 unspecified atom stereocenters. The van der Waals surface area contributed by atoms with Gasteiger partial charge in [-0.05, 0) is 144 Å². The highest BCUT2D eigenvalue weighted by atomic mass is 32.1. The van der Waals surface area contributed by atoms with E-state index in [4.69, 9.17) is 9.97 Å². The van der Waals surface area contributed by atoms with E-state index in [0.29, 0.717) is 0 Å². The molecule has 13 rings (SSSR count). The Balaban J connectivity index is 1.18. The van der Waals surface area contributed by atoms with E-state index in [1.807, 2.05) is 0 Å². The monoisotopic (exact) mass is 912 g/mol. The first-order valence-corrected chi connectivity index (χ1v) is 24.5. The highest BCUT2D eigenvalue weighted by Gasteiger charge is 2.22. The molecule has 68 heavy (non-hydrogen) atoms. The number of nitrogens with zero attached hydrogens (tertiary/aromatic N) is 6. The van der Waals surface area contributed by atoms with Gasteiger partial charge in [0.1, 0.15) is 28.2 Å². The molecule has 0 saturated heterocycles. The van der Waals surface area contributed by atoms with Crippen LogP contribution < -0.4 is 18.3 Å². The fourth-order valence-electron chi connectivity index (χ4n) is 10.2. The van der Waals surface area contributed by atoms with E-state index in [-0.39, 0.29) is 0 Å². The molecule has 0 saturated carbocycles. The van der Waals surface area contributed by atoms with Gasteiger partial charge in [0.2, 0.25) is 22.1 Å². The van der Waals surface area contributed by atoms with Gasteiger partial charge in [0.05, 0.1) is 22.8 Å². The first-order valence-electron chi connectivity index (χ1n) is 22.8. The fourth-order valence-corrected chi connectivity index (χ4v) is 12.6. The molecule has 6 nitrogen and oxygen atoms in total. The zero-order valence-electron chi connectivity index (χ0n) is 38.0. The Morgan fingerprint density at radius 3 is 0.809 bits per heavy atom. The second-order valence-electron chi connectivity index (χ2n) is 17.8. The molecule has 0 aliphatic carbocycles. The third-order valence-electron chi connectivity index (χ3n) is 13.6. The summed E-state index contributed by atoms with van der Waals surface area (Å²) in [4.78, 5) is 11.3. The number of aryl methyl sites for hydroxylation is 4. The maximum atomic E-state index is 5.67. The number of benzene rings is 4. The number of pyridine rings is 4. The Hall–Kier alpha value is -8.04. The van der Waals surface area contributed by atoms with Gasteiger partial charge in [-0.1, -0.05) is 0 Å². The lowest BCUT2D eigenvalue weighted by atomic mass is 10.0. The van der Waals surface area contributed by atoms with Crippen LogP contribution >= 0.6 is 22.7 Å². The number of hydrogen-bond donors (Lipinski definition) is 0. The minimum absolute atomic E-state index is 0.937. The molecule has 0 atom stereocenters. The molecule has 4 aromatic carbocycles. The van der Waals surface area contributed by atoms with E-state index in [2.05, 4.69) is 241 Å². The molecule has 2 aliphatic heterocycles. The Bertz CT molecular complexity index is 3680. The minimum atomic E-state index is 0.937. The summed E-state index contributed by atoms with van der Waals surface area (Å²) in [5.74, 6) is 0. The van der Waals surface area contributed by atoms with Gasteiger partial charge in [0.25, 0.3) is 0 Å². The van der Waals surface area contributed by atoms with Crippen molar-refractivity contribution in [1.82, 2.24) is 9.97 Å². The molecule has 322 valence electrons. The van der Waals surface area contributed by atoms with Gasteiger partial charge in [0, 0.05) is 111 Å². The molecule has 0 amide bonds. The van der Waals surface area contributed by atoms with Gasteiger partial charge < -0.3 is 0 Å². The van der Waals surface area contributed by atoms with Crippen molar-refractivity contribution < 1.29 is 18.3 Å². The molecule has 2 aliphatic rings. The maximum Gasteiger partial charge on any atom is 0.212 e. The molecule has 7 aromatic heterocycles. The van der Waals surface area contributed by atoms with Crippen LogP contribution in [0.3, 0.4) is 0 Å². The number of hydrogen-bond acceptors (Lipinski definition) is 4. The van der Waals surface area contributed by atoms with Crippen molar-refractivity contribution in [2.24, 2.45) is 28.2 Å². The van der Waals surface area contributed by atoms with E-state index in [1.54, 1.807) is 22.7 Å². The summed E-state index contributed by atoms with van der Waals surface area (Å²) in [6.45, 7) is 0. The second kappa shape index (κ2) is 15.8. The highest BCUT2D eigenvalue weighted by molar-refractivity contribution is 7.24. The van der Waals surface area contributed by atoms with Crippen molar-refractivity contribution in [2.45, 2.75) is 0 Å². The third kappa shape index (κ3) is 6.67. The van der Waals surface area contributed by atoms with Crippen molar-refractivity contribution in [1.29, 1.82) is 0 Å². The normalized spacial score (nSPS) is 12.3. The summed E-state index contributed by atoms with van der Waals surface area (Å²) in [5.41, 5.74) is 17.4. The second-order valence-corrected chi connectivity index (χ2v) is 20.0. The Labute approximate surface area is 401 Å². The number of thiophene rings is 2. The summed E-state index contributed by atoms with van der Waals surface area (Å²) in [5, 5.41) is 4.71. The smallest absolute Gasteiger partial charge is 0.212 e. The summed E-state index contributed by atoms with van der Waals surface area (Å²) in [6, 6.07) is 53.7. The molecular formula is C60H44N6S2+4. The molecule has 8 bridgehead atoms. The lowest BCUT2D eigenvalue weighted by Gasteiger charge is -2.07. The van der Waals surface area contributed by atoms with Crippen LogP contribution in [0.2, 0.25) is 0 Å². The lowest BCUT2D eigenvalue weighted by Crippen LogP contribution is -2.27. The van der Waals surface area contributed by atoms with Crippen molar-refractivity contribution in [3.8, 4) is 44.5 Å². The average molecular weight is 913 g/mol. The predicted molar refractivity (Wildman–Crippen MR) is 282 cm³/mol. The Kier molecular flexibility index (Phi) is 9.35. The molecule has 8 heteroatoms. The summed E-state index contributed by atoms with van der Waals surface area (Å²) < 4.78 is 13.3. The Morgan fingerprint density at radius 2 is 0.559 bits per heavy atom. The topological polar surface area (TPSA) is 41.3 Å². The predicted octanol–water partition coefficient (Wildman–Crippen LogP) is 12.7. The first-order chi connectivity index (χ1) is 33.3. The van der Waals surface area contributed by atoms with E-state index in [1.165, 1.54) is 43.6 Å². The van der Waals surface area contributed by atoms with Gasteiger partial charge in [-0.2, -0.15) is 0 Å². The number of rotatable bonds is 4. The first kappa shape index (κ1) is 40.3. The average Bonchev–Trinajstić information content (AvgIpc) is 4.21. The number of fused-ring (bicyclic) bond motifs is 12. The van der Waals surface area contributed by atoms with Crippen LogP contribution in [0.15, 0.2) is 170 Å². The van der Waals surface area contributed by atoms with Gasteiger partial charge in [-0.25, -0.2) is 28.2 Å². The number of aromatic nitrogens is 6. The minimum Gasteiger partial charge on any atom is -0.248 e. The molecule has 11 aromatic rings. The van der Waals surface area contributed by atoms with Gasteiger partial charge in [-0.3, -0.25) is 0 Å². The van der Waals surface area contributed by atoms with Crippen LogP contribution in [0.4, 0.5) is 0 Å². The SMILES string of the molecule is C[n+]1cccc2cc(-c3c4nc(c(-c5ccc6c(ccc[n+]6C)c5)c5ccc(s5)c(-c5ccc6c(ccc[n+]6C)c5)c5nc(c(-c6ccc7c(ccc[n+]7C)c6)c6ccc3s6)C=C5)C=C4)ccc21. The molecule has 0 fully saturated rings. The molecular weight excluding hydrogens is 869 g/mol. The summed E-state index contributed by atoms with van der Waals surface area (Å²) in [7, 11) is 8.42. The fraction of sp³-hybridized carbons (Fsp3) is 0.0667.